The molecule has 4 heteroatoms. The normalized spacial score (nSPS) is 12.6. The summed E-state index contributed by atoms with van der Waals surface area (Å²) in [7, 11) is 0. The van der Waals surface area contributed by atoms with Crippen molar-refractivity contribution in [3.05, 3.63) is 12.2 Å². The summed E-state index contributed by atoms with van der Waals surface area (Å²) in [4.78, 5) is 23.1. The average Bonchev–Trinajstić information content (AvgIpc) is 2.64. The zero-order valence-corrected chi connectivity index (χ0v) is 18.7. The van der Waals surface area contributed by atoms with Crippen molar-refractivity contribution < 1.29 is 14.7 Å². The van der Waals surface area contributed by atoms with Crippen LogP contribution in [-0.4, -0.2) is 23.0 Å². The molecule has 1 amide bonds. The molecular formula is C24H45NO3. The Hall–Kier alpha value is -1.32. The van der Waals surface area contributed by atoms with Gasteiger partial charge >= 0.3 is 5.97 Å². The van der Waals surface area contributed by atoms with Crippen LogP contribution < -0.4 is 5.32 Å². The predicted molar refractivity (Wildman–Crippen MR) is 118 cm³/mol. The quantitative estimate of drug-likeness (QED) is 0.190. The smallest absolute Gasteiger partial charge is 0.326 e. The second kappa shape index (κ2) is 19.0. The molecule has 0 bridgehead atoms. The predicted octanol–water partition coefficient (Wildman–Crippen LogP) is 6.64. The highest BCUT2D eigenvalue weighted by Gasteiger charge is 2.20. The maximum absolute atomic E-state index is 11.9. The summed E-state index contributed by atoms with van der Waals surface area (Å²) in [5.74, 6) is -0.821. The molecule has 2 N–H and O–H groups in total. The van der Waals surface area contributed by atoms with Crippen LogP contribution in [0.1, 0.15) is 117 Å². The van der Waals surface area contributed by atoms with Crippen LogP contribution in [-0.2, 0) is 9.59 Å². The molecule has 0 aromatic carbocycles. The summed E-state index contributed by atoms with van der Waals surface area (Å²) >= 11 is 0. The van der Waals surface area contributed by atoms with Crippen molar-refractivity contribution in [2.24, 2.45) is 5.92 Å². The summed E-state index contributed by atoms with van der Waals surface area (Å²) in [5.41, 5.74) is 0. The second-order valence-electron chi connectivity index (χ2n) is 8.42. The fourth-order valence-corrected chi connectivity index (χ4v) is 3.32. The fraction of sp³-hybridized carbons (Fsp3) is 0.833. The van der Waals surface area contributed by atoms with E-state index in [1.807, 2.05) is 13.8 Å². The van der Waals surface area contributed by atoms with E-state index in [4.69, 9.17) is 5.11 Å². The number of carbonyl (C=O) groups is 2. The highest BCUT2D eigenvalue weighted by Crippen LogP contribution is 2.10. The number of hydrogen-bond donors (Lipinski definition) is 2. The lowest BCUT2D eigenvalue weighted by molar-refractivity contribution is -0.142. The Kier molecular flexibility index (Phi) is 18.1. The van der Waals surface area contributed by atoms with E-state index in [0.717, 1.165) is 25.7 Å². The molecule has 0 fully saturated rings. The first-order chi connectivity index (χ1) is 13.5. The number of rotatable bonds is 19. The molecule has 0 aromatic heterocycles. The molecule has 1 unspecified atom stereocenters. The van der Waals surface area contributed by atoms with Crippen molar-refractivity contribution in [2.75, 3.05) is 0 Å². The van der Waals surface area contributed by atoms with Gasteiger partial charge in [-0.2, -0.15) is 0 Å². The molecule has 0 spiro atoms. The number of carboxylic acids is 1. The van der Waals surface area contributed by atoms with Crippen LogP contribution in [0.2, 0.25) is 0 Å². The number of allylic oxidation sites excluding steroid dienone is 2. The first kappa shape index (κ1) is 26.7. The standard InChI is InChI=1S/C24H45NO3/c1-4-5-6-7-8-9-10-11-12-13-14-15-16-17-18-19-23(26)25-22(24(27)28)20-21(2)3/h11-12,21-22H,4-10,13-20H2,1-3H3,(H,25,26)(H,27,28). The molecule has 28 heavy (non-hydrogen) atoms. The Bertz CT molecular complexity index is 418. The van der Waals surface area contributed by atoms with Gasteiger partial charge in [0, 0.05) is 6.42 Å². The minimum atomic E-state index is -0.938. The highest BCUT2D eigenvalue weighted by atomic mass is 16.4. The summed E-state index contributed by atoms with van der Waals surface area (Å²) in [5, 5.41) is 11.8. The van der Waals surface area contributed by atoms with Gasteiger partial charge in [-0.15, -0.1) is 0 Å². The Morgan fingerprint density at radius 2 is 1.32 bits per heavy atom. The van der Waals surface area contributed by atoms with Gasteiger partial charge in [0.05, 0.1) is 0 Å². The van der Waals surface area contributed by atoms with Crippen molar-refractivity contribution in [1.29, 1.82) is 0 Å². The Morgan fingerprint density at radius 3 is 1.82 bits per heavy atom. The van der Waals surface area contributed by atoms with Gasteiger partial charge in [-0.25, -0.2) is 4.79 Å². The van der Waals surface area contributed by atoms with Crippen LogP contribution in [0.5, 0.6) is 0 Å². The van der Waals surface area contributed by atoms with Gasteiger partial charge in [0.2, 0.25) is 5.91 Å². The lowest BCUT2D eigenvalue weighted by atomic mass is 10.0. The summed E-state index contributed by atoms with van der Waals surface area (Å²) in [6.07, 6.45) is 21.5. The molecule has 0 radical (unpaired) electrons. The van der Waals surface area contributed by atoms with E-state index < -0.39 is 12.0 Å². The maximum atomic E-state index is 11.9. The van der Waals surface area contributed by atoms with E-state index in [1.54, 1.807) is 0 Å². The van der Waals surface area contributed by atoms with Gasteiger partial charge in [0.25, 0.3) is 0 Å². The third-order valence-electron chi connectivity index (χ3n) is 5.01. The van der Waals surface area contributed by atoms with E-state index in [1.165, 1.54) is 57.8 Å². The van der Waals surface area contributed by atoms with Crippen LogP contribution in [0.3, 0.4) is 0 Å². The van der Waals surface area contributed by atoms with E-state index in [9.17, 15) is 9.59 Å². The van der Waals surface area contributed by atoms with Crippen LogP contribution in [0.4, 0.5) is 0 Å². The van der Waals surface area contributed by atoms with Crippen molar-refractivity contribution in [3.63, 3.8) is 0 Å². The Labute approximate surface area is 173 Å². The second-order valence-corrected chi connectivity index (χ2v) is 8.42. The fourth-order valence-electron chi connectivity index (χ4n) is 3.32. The van der Waals surface area contributed by atoms with Crippen LogP contribution in [0, 0.1) is 5.92 Å². The third kappa shape index (κ3) is 18.1. The number of carbonyl (C=O) groups excluding carboxylic acids is 1. The van der Waals surface area contributed by atoms with Crippen molar-refractivity contribution >= 4 is 11.9 Å². The number of carboxylic acid groups (broad SMARTS) is 1. The largest absolute Gasteiger partial charge is 0.480 e. The van der Waals surface area contributed by atoms with Crippen molar-refractivity contribution in [2.45, 2.75) is 123 Å². The Balaban J connectivity index is 3.50. The zero-order valence-electron chi connectivity index (χ0n) is 18.7. The first-order valence-corrected chi connectivity index (χ1v) is 11.6. The molecule has 4 nitrogen and oxygen atoms in total. The van der Waals surface area contributed by atoms with Crippen LogP contribution in [0.15, 0.2) is 12.2 Å². The van der Waals surface area contributed by atoms with E-state index in [0.29, 0.717) is 12.8 Å². The Morgan fingerprint density at radius 1 is 0.821 bits per heavy atom. The molecule has 0 aliphatic rings. The molecule has 0 saturated heterocycles. The van der Waals surface area contributed by atoms with Gasteiger partial charge in [0.1, 0.15) is 6.04 Å². The molecule has 0 aromatic rings. The van der Waals surface area contributed by atoms with Gasteiger partial charge in [-0.3, -0.25) is 4.79 Å². The number of hydrogen-bond acceptors (Lipinski definition) is 2. The molecule has 0 heterocycles. The minimum absolute atomic E-state index is 0.134. The molecule has 0 aliphatic heterocycles. The highest BCUT2D eigenvalue weighted by molar-refractivity contribution is 5.83. The summed E-state index contributed by atoms with van der Waals surface area (Å²) in [6, 6.07) is -0.754. The van der Waals surface area contributed by atoms with Gasteiger partial charge in [0.15, 0.2) is 0 Å². The third-order valence-corrected chi connectivity index (χ3v) is 5.01. The summed E-state index contributed by atoms with van der Waals surface area (Å²) in [6.45, 7) is 6.18. The SMILES string of the molecule is CCCCCCCCC=CCCCCCCCC(=O)NC(CC(C)C)C(=O)O. The lowest BCUT2D eigenvalue weighted by Gasteiger charge is -2.16. The van der Waals surface area contributed by atoms with Crippen LogP contribution >= 0.6 is 0 Å². The molecule has 0 aliphatic carbocycles. The number of amides is 1. The number of unbranched alkanes of at least 4 members (excludes halogenated alkanes) is 11. The van der Waals surface area contributed by atoms with Gasteiger partial charge in [-0.1, -0.05) is 84.3 Å². The van der Waals surface area contributed by atoms with Crippen molar-refractivity contribution in [1.82, 2.24) is 5.32 Å². The monoisotopic (exact) mass is 395 g/mol. The molecular weight excluding hydrogens is 350 g/mol. The van der Waals surface area contributed by atoms with Crippen molar-refractivity contribution in [3.8, 4) is 0 Å². The topological polar surface area (TPSA) is 66.4 Å². The van der Waals surface area contributed by atoms with Gasteiger partial charge in [-0.05, 0) is 44.4 Å². The molecule has 164 valence electrons. The summed E-state index contributed by atoms with van der Waals surface area (Å²) < 4.78 is 0. The molecule has 0 rings (SSSR count). The average molecular weight is 396 g/mol. The maximum Gasteiger partial charge on any atom is 0.326 e. The van der Waals surface area contributed by atoms with E-state index >= 15 is 0 Å². The first-order valence-electron chi connectivity index (χ1n) is 11.6. The molecule has 0 saturated carbocycles. The van der Waals surface area contributed by atoms with Gasteiger partial charge < -0.3 is 10.4 Å². The number of aliphatic carboxylic acids is 1. The minimum Gasteiger partial charge on any atom is -0.480 e. The van der Waals surface area contributed by atoms with Crippen LogP contribution in [0.25, 0.3) is 0 Å². The van der Waals surface area contributed by atoms with E-state index in [-0.39, 0.29) is 11.8 Å². The zero-order chi connectivity index (χ0) is 21.0. The lowest BCUT2D eigenvalue weighted by Crippen LogP contribution is -2.41. The van der Waals surface area contributed by atoms with E-state index in [2.05, 4.69) is 24.4 Å². The number of nitrogens with one attached hydrogen (secondary N) is 1. The molecule has 1 atom stereocenters.